The summed E-state index contributed by atoms with van der Waals surface area (Å²) in [6.45, 7) is -0.486. The number of hydrogen-bond donors (Lipinski definition) is 1. The molecule has 0 aliphatic rings. The van der Waals surface area contributed by atoms with E-state index in [-0.39, 0.29) is 22.9 Å². The topological polar surface area (TPSA) is 104 Å². The first-order chi connectivity index (χ1) is 16.9. The van der Waals surface area contributed by atoms with Crippen LogP contribution in [0.2, 0.25) is 10.0 Å². The highest BCUT2D eigenvalue weighted by Gasteiger charge is 2.27. The molecule has 0 fully saturated rings. The van der Waals surface area contributed by atoms with Gasteiger partial charge in [-0.15, -0.1) is 0 Å². The maximum absolute atomic E-state index is 13.4. The van der Waals surface area contributed by atoms with Crippen molar-refractivity contribution < 1.29 is 21.6 Å². The van der Waals surface area contributed by atoms with Crippen molar-refractivity contribution in [1.82, 2.24) is 13.9 Å². The van der Waals surface area contributed by atoms with Gasteiger partial charge in [-0.2, -0.15) is 4.31 Å². The van der Waals surface area contributed by atoms with Crippen molar-refractivity contribution in [3.05, 3.63) is 94.0 Å². The molecular formula is C24H25Cl2N3O5S2. The smallest absolute Gasteiger partial charge is 0.243 e. The normalized spacial score (nSPS) is 12.2. The average Bonchev–Trinajstić information content (AvgIpc) is 2.84. The Hall–Kier alpha value is -2.47. The zero-order chi connectivity index (χ0) is 26.5. The monoisotopic (exact) mass is 569 g/mol. The summed E-state index contributed by atoms with van der Waals surface area (Å²) in [4.78, 5) is 12.9. The molecule has 192 valence electrons. The van der Waals surface area contributed by atoms with Crippen molar-refractivity contribution in [2.45, 2.75) is 22.9 Å². The van der Waals surface area contributed by atoms with Crippen LogP contribution in [0.15, 0.2) is 82.6 Å². The van der Waals surface area contributed by atoms with E-state index in [1.165, 1.54) is 50.5 Å². The largest absolute Gasteiger partial charge is 0.351 e. The Morgan fingerprint density at radius 3 is 1.94 bits per heavy atom. The van der Waals surface area contributed by atoms with E-state index in [4.69, 9.17) is 23.2 Å². The molecule has 0 heterocycles. The van der Waals surface area contributed by atoms with Crippen molar-refractivity contribution in [2.75, 3.05) is 20.6 Å². The third kappa shape index (κ3) is 6.84. The van der Waals surface area contributed by atoms with E-state index in [9.17, 15) is 21.6 Å². The summed E-state index contributed by atoms with van der Waals surface area (Å²) in [6.07, 6.45) is 0. The molecule has 0 saturated heterocycles. The predicted molar refractivity (Wildman–Crippen MR) is 140 cm³/mol. The van der Waals surface area contributed by atoms with E-state index in [2.05, 4.69) is 5.32 Å². The number of hydrogen-bond acceptors (Lipinski definition) is 5. The highest BCUT2D eigenvalue weighted by Crippen LogP contribution is 2.23. The van der Waals surface area contributed by atoms with Gasteiger partial charge >= 0.3 is 0 Å². The molecule has 0 saturated carbocycles. The van der Waals surface area contributed by atoms with Gasteiger partial charge in [0.1, 0.15) is 0 Å². The van der Waals surface area contributed by atoms with Crippen molar-refractivity contribution >= 4 is 49.2 Å². The lowest BCUT2D eigenvalue weighted by Crippen LogP contribution is -2.40. The van der Waals surface area contributed by atoms with Gasteiger partial charge in [0.05, 0.1) is 16.3 Å². The molecule has 0 bridgehead atoms. The molecule has 36 heavy (non-hydrogen) atoms. The van der Waals surface area contributed by atoms with Gasteiger partial charge in [-0.3, -0.25) is 4.79 Å². The zero-order valence-corrected chi connectivity index (χ0v) is 22.7. The van der Waals surface area contributed by atoms with E-state index in [0.29, 0.717) is 21.2 Å². The molecule has 0 unspecified atom stereocenters. The van der Waals surface area contributed by atoms with Crippen molar-refractivity contribution in [2.24, 2.45) is 0 Å². The summed E-state index contributed by atoms with van der Waals surface area (Å²) in [5, 5.41) is 3.44. The van der Waals surface area contributed by atoms with Gasteiger partial charge in [-0.25, -0.2) is 21.1 Å². The lowest BCUT2D eigenvalue weighted by molar-refractivity contribution is -0.121. The average molecular weight is 571 g/mol. The Balaban J connectivity index is 1.77. The highest BCUT2D eigenvalue weighted by atomic mass is 35.5. The Morgan fingerprint density at radius 2 is 1.36 bits per heavy atom. The number of nitrogens with one attached hydrogen (secondary N) is 1. The van der Waals surface area contributed by atoms with Crippen LogP contribution in [0.4, 0.5) is 0 Å². The van der Waals surface area contributed by atoms with Crippen LogP contribution < -0.4 is 5.32 Å². The summed E-state index contributed by atoms with van der Waals surface area (Å²) in [5.74, 6) is -0.537. The number of amides is 1. The molecule has 0 aliphatic heterocycles. The Kier molecular flexibility index (Phi) is 9.15. The van der Waals surface area contributed by atoms with Crippen LogP contribution >= 0.6 is 23.2 Å². The Morgan fingerprint density at radius 1 is 0.806 bits per heavy atom. The number of rotatable bonds is 10. The van der Waals surface area contributed by atoms with Crippen molar-refractivity contribution in [3.8, 4) is 0 Å². The number of benzene rings is 3. The molecule has 1 N–H and O–H groups in total. The first kappa shape index (κ1) is 28.1. The second-order valence-electron chi connectivity index (χ2n) is 8.03. The molecule has 0 atom stereocenters. The molecule has 8 nitrogen and oxygen atoms in total. The molecule has 1 amide bonds. The van der Waals surface area contributed by atoms with Gasteiger partial charge in [0.25, 0.3) is 0 Å². The fourth-order valence-corrected chi connectivity index (χ4v) is 5.80. The SMILES string of the molecule is CN(C)S(=O)(=O)c1ccc(CNC(=O)CN(Cc2ccccc2Cl)S(=O)(=O)c2ccc(Cl)cc2)cc1. The van der Waals surface area contributed by atoms with Crippen LogP contribution in [0.25, 0.3) is 0 Å². The van der Waals surface area contributed by atoms with E-state index in [1.807, 2.05) is 0 Å². The van der Waals surface area contributed by atoms with Crippen LogP contribution in [0, 0.1) is 0 Å². The Labute approximate surface area is 221 Å². The molecule has 0 aliphatic carbocycles. The number of carbonyl (C=O) groups excluding carboxylic acids is 1. The summed E-state index contributed by atoms with van der Waals surface area (Å²) in [7, 11) is -4.74. The second-order valence-corrected chi connectivity index (χ2v) is 13.0. The molecule has 3 aromatic rings. The van der Waals surface area contributed by atoms with Crippen LogP contribution in [-0.2, 0) is 37.9 Å². The second kappa shape index (κ2) is 11.7. The fourth-order valence-electron chi connectivity index (χ4n) is 3.20. The minimum Gasteiger partial charge on any atom is -0.351 e. The molecule has 3 aromatic carbocycles. The lowest BCUT2D eigenvalue weighted by atomic mass is 10.2. The number of nitrogens with zero attached hydrogens (tertiary/aromatic N) is 2. The molecule has 0 aromatic heterocycles. The number of halogens is 2. The summed E-state index contributed by atoms with van der Waals surface area (Å²) < 4.78 is 53.3. The minimum atomic E-state index is -4.06. The highest BCUT2D eigenvalue weighted by molar-refractivity contribution is 7.89. The van der Waals surface area contributed by atoms with Gasteiger partial charge in [0.15, 0.2) is 0 Å². The summed E-state index contributed by atoms with van der Waals surface area (Å²) in [6, 6.07) is 18.5. The molecular weight excluding hydrogens is 545 g/mol. The summed E-state index contributed by atoms with van der Waals surface area (Å²) >= 11 is 12.1. The number of sulfonamides is 2. The number of carbonyl (C=O) groups is 1. The van der Waals surface area contributed by atoms with Crippen LogP contribution in [-0.4, -0.2) is 52.0 Å². The van der Waals surface area contributed by atoms with Crippen LogP contribution in [0.5, 0.6) is 0 Å². The Bertz CT molecular complexity index is 1430. The van der Waals surface area contributed by atoms with E-state index >= 15 is 0 Å². The first-order valence-electron chi connectivity index (χ1n) is 10.7. The maximum atomic E-state index is 13.4. The zero-order valence-electron chi connectivity index (χ0n) is 19.6. The van der Waals surface area contributed by atoms with Gasteiger partial charge in [0, 0.05) is 37.2 Å². The third-order valence-corrected chi connectivity index (χ3v) is 9.52. The van der Waals surface area contributed by atoms with E-state index in [1.54, 1.807) is 36.4 Å². The van der Waals surface area contributed by atoms with Crippen LogP contribution in [0.3, 0.4) is 0 Å². The van der Waals surface area contributed by atoms with Gasteiger partial charge < -0.3 is 5.32 Å². The van der Waals surface area contributed by atoms with Gasteiger partial charge in [0.2, 0.25) is 26.0 Å². The predicted octanol–water partition coefficient (Wildman–Crippen LogP) is 3.75. The first-order valence-corrected chi connectivity index (χ1v) is 14.3. The van der Waals surface area contributed by atoms with Crippen LogP contribution in [0.1, 0.15) is 11.1 Å². The van der Waals surface area contributed by atoms with E-state index < -0.39 is 32.5 Å². The molecule has 3 rings (SSSR count). The molecule has 0 spiro atoms. The van der Waals surface area contributed by atoms with Gasteiger partial charge in [-0.1, -0.05) is 53.5 Å². The molecule has 0 radical (unpaired) electrons. The standard InChI is InChI=1S/C24H25Cl2N3O5S2/c1-28(2)35(31,32)21-11-7-18(8-12-21)15-27-24(30)17-29(16-19-5-3-4-6-23(19)26)36(33,34)22-13-9-20(25)10-14-22/h3-14H,15-17H2,1-2H3,(H,27,30). The fraction of sp³-hybridized carbons (Fsp3) is 0.208. The maximum Gasteiger partial charge on any atom is 0.243 e. The van der Waals surface area contributed by atoms with E-state index in [0.717, 1.165) is 8.61 Å². The quantitative estimate of drug-likeness (QED) is 0.400. The van der Waals surface area contributed by atoms with Gasteiger partial charge in [-0.05, 0) is 53.6 Å². The third-order valence-electron chi connectivity index (χ3n) is 5.27. The van der Waals surface area contributed by atoms with Crippen molar-refractivity contribution in [1.29, 1.82) is 0 Å². The van der Waals surface area contributed by atoms with Crippen molar-refractivity contribution in [3.63, 3.8) is 0 Å². The summed E-state index contributed by atoms with van der Waals surface area (Å²) in [5.41, 5.74) is 1.20. The lowest BCUT2D eigenvalue weighted by Gasteiger charge is -2.22. The molecule has 12 heteroatoms. The minimum absolute atomic E-state index is 0.00977.